The lowest BCUT2D eigenvalue weighted by molar-refractivity contribution is 0.635. The van der Waals surface area contributed by atoms with Crippen molar-refractivity contribution in [1.29, 1.82) is 0 Å². The van der Waals surface area contributed by atoms with Crippen molar-refractivity contribution in [2.75, 3.05) is 19.6 Å². The van der Waals surface area contributed by atoms with E-state index < -0.39 is 0 Å². The molecule has 160 valence electrons. The summed E-state index contributed by atoms with van der Waals surface area (Å²) in [6.07, 6.45) is 10.7. The first-order chi connectivity index (χ1) is 14.2. The molecule has 1 aliphatic heterocycles. The Labute approximate surface area is 182 Å². The van der Waals surface area contributed by atoms with E-state index in [0.29, 0.717) is 13.1 Å². The Hall–Kier alpha value is -3.27. The zero-order valence-corrected chi connectivity index (χ0v) is 18.9. The summed E-state index contributed by atoms with van der Waals surface area (Å²) in [5.41, 5.74) is 6.29. The third-order valence-corrected chi connectivity index (χ3v) is 4.70. The second kappa shape index (κ2) is 12.3. The Bertz CT molecular complexity index is 846. The molecule has 0 saturated carbocycles. The summed E-state index contributed by atoms with van der Waals surface area (Å²) in [6.45, 7) is 32.3. The summed E-state index contributed by atoms with van der Waals surface area (Å²) in [5, 5.41) is 6.67. The molecule has 0 saturated heterocycles. The topological polar surface area (TPSA) is 39.7 Å². The van der Waals surface area contributed by atoms with Gasteiger partial charge in [0, 0.05) is 24.5 Å². The molecule has 0 bridgehead atoms. The Morgan fingerprint density at radius 2 is 1.83 bits per heavy atom. The molecule has 0 aromatic rings. The first kappa shape index (κ1) is 24.8. The first-order valence-corrected chi connectivity index (χ1v) is 10.1. The highest BCUT2D eigenvalue weighted by atomic mass is 15.3. The maximum Gasteiger partial charge on any atom is 0.105 e. The molecule has 1 aliphatic rings. The SMILES string of the molecule is C=CCCNC(=C)/C(=C/C(=C)C(=C)NC/C(C=C)=C/C(C)=C\C)N1C(=C)CN=C1C. The number of nitrogens with one attached hydrogen (secondary N) is 2. The van der Waals surface area contributed by atoms with Gasteiger partial charge in [0.1, 0.15) is 5.84 Å². The fraction of sp³-hybridized carbons (Fsp3) is 0.269. The highest BCUT2D eigenvalue weighted by Gasteiger charge is 2.23. The Morgan fingerprint density at radius 3 is 2.37 bits per heavy atom. The minimum absolute atomic E-state index is 0.576. The summed E-state index contributed by atoms with van der Waals surface area (Å²) in [6, 6.07) is 0. The summed E-state index contributed by atoms with van der Waals surface area (Å²) < 4.78 is 0. The van der Waals surface area contributed by atoms with E-state index in [9.17, 15) is 0 Å². The molecule has 30 heavy (non-hydrogen) atoms. The summed E-state index contributed by atoms with van der Waals surface area (Å²) in [4.78, 5) is 6.49. The number of amidine groups is 1. The zero-order valence-electron chi connectivity index (χ0n) is 18.9. The maximum absolute atomic E-state index is 4.48. The predicted molar refractivity (Wildman–Crippen MR) is 133 cm³/mol. The fourth-order valence-electron chi connectivity index (χ4n) is 2.76. The van der Waals surface area contributed by atoms with Gasteiger partial charge in [-0.1, -0.05) is 62.8 Å². The average Bonchev–Trinajstić information content (AvgIpc) is 3.06. The normalized spacial score (nSPS) is 14.9. The predicted octanol–water partition coefficient (Wildman–Crippen LogP) is 5.54. The van der Waals surface area contributed by atoms with Crippen LogP contribution in [0.5, 0.6) is 0 Å². The van der Waals surface area contributed by atoms with Gasteiger partial charge in [-0.05, 0) is 44.4 Å². The molecule has 0 aromatic heterocycles. The summed E-state index contributed by atoms with van der Waals surface area (Å²) >= 11 is 0. The maximum atomic E-state index is 4.48. The molecule has 4 heteroatoms. The highest BCUT2D eigenvalue weighted by molar-refractivity contribution is 5.86. The van der Waals surface area contributed by atoms with Gasteiger partial charge in [0.15, 0.2) is 0 Å². The van der Waals surface area contributed by atoms with Crippen LogP contribution in [0, 0.1) is 0 Å². The highest BCUT2D eigenvalue weighted by Crippen LogP contribution is 2.25. The Morgan fingerprint density at radius 1 is 1.13 bits per heavy atom. The molecule has 2 N–H and O–H groups in total. The third kappa shape index (κ3) is 7.28. The van der Waals surface area contributed by atoms with Crippen molar-refractivity contribution in [2.45, 2.75) is 27.2 Å². The molecule has 0 atom stereocenters. The number of rotatable bonds is 13. The van der Waals surface area contributed by atoms with Crippen molar-refractivity contribution >= 4 is 5.84 Å². The van der Waals surface area contributed by atoms with Crippen LogP contribution in [0.15, 0.2) is 114 Å². The molecule has 0 fully saturated rings. The number of allylic oxidation sites excluding steroid dienone is 4. The quantitative estimate of drug-likeness (QED) is 0.241. The van der Waals surface area contributed by atoms with Crippen molar-refractivity contribution in [3.8, 4) is 0 Å². The van der Waals surface area contributed by atoms with Crippen molar-refractivity contribution in [3.05, 3.63) is 109 Å². The third-order valence-electron chi connectivity index (χ3n) is 4.70. The average molecular weight is 405 g/mol. The fourth-order valence-corrected chi connectivity index (χ4v) is 2.76. The monoisotopic (exact) mass is 404 g/mol. The van der Waals surface area contributed by atoms with Crippen molar-refractivity contribution in [2.24, 2.45) is 4.99 Å². The number of nitrogens with zero attached hydrogens (tertiary/aromatic N) is 2. The van der Waals surface area contributed by atoms with Gasteiger partial charge in [-0.2, -0.15) is 0 Å². The van der Waals surface area contributed by atoms with E-state index in [2.05, 4.69) is 74.2 Å². The van der Waals surface area contributed by atoms with Crippen LogP contribution in [0.3, 0.4) is 0 Å². The van der Waals surface area contributed by atoms with Crippen LogP contribution < -0.4 is 10.6 Å². The van der Waals surface area contributed by atoms with E-state index in [4.69, 9.17) is 0 Å². The molecule has 0 spiro atoms. The molecule has 0 aliphatic carbocycles. The number of aliphatic imine (C=N–C) groups is 1. The van der Waals surface area contributed by atoms with Gasteiger partial charge in [-0.25, -0.2) is 0 Å². The molecule has 0 amide bonds. The van der Waals surface area contributed by atoms with E-state index in [1.54, 1.807) is 0 Å². The van der Waals surface area contributed by atoms with Crippen LogP contribution in [-0.4, -0.2) is 30.4 Å². The van der Waals surface area contributed by atoms with Crippen molar-refractivity contribution < 1.29 is 0 Å². The van der Waals surface area contributed by atoms with Crippen LogP contribution in [-0.2, 0) is 0 Å². The van der Waals surface area contributed by atoms with Crippen molar-refractivity contribution in [1.82, 2.24) is 15.5 Å². The van der Waals surface area contributed by atoms with Gasteiger partial charge < -0.3 is 10.6 Å². The lowest BCUT2D eigenvalue weighted by Gasteiger charge is -2.26. The minimum atomic E-state index is 0.576. The smallest absolute Gasteiger partial charge is 0.105 e. The van der Waals surface area contributed by atoms with Crippen LogP contribution >= 0.6 is 0 Å². The van der Waals surface area contributed by atoms with Crippen LogP contribution in [0.1, 0.15) is 27.2 Å². The van der Waals surface area contributed by atoms with Gasteiger partial charge in [0.2, 0.25) is 0 Å². The second-order valence-corrected chi connectivity index (χ2v) is 7.09. The van der Waals surface area contributed by atoms with E-state index >= 15 is 0 Å². The first-order valence-electron chi connectivity index (χ1n) is 10.1. The molecule has 1 heterocycles. The largest absolute Gasteiger partial charge is 0.384 e. The Balaban J connectivity index is 3.01. The van der Waals surface area contributed by atoms with E-state index in [-0.39, 0.29) is 0 Å². The van der Waals surface area contributed by atoms with Gasteiger partial charge >= 0.3 is 0 Å². The molecule has 4 nitrogen and oxygen atoms in total. The Kier molecular flexibility index (Phi) is 10.2. The molecular formula is C26H36N4. The van der Waals surface area contributed by atoms with Gasteiger partial charge in [0.25, 0.3) is 0 Å². The molecular weight excluding hydrogens is 368 g/mol. The minimum Gasteiger partial charge on any atom is -0.384 e. The van der Waals surface area contributed by atoms with Gasteiger partial charge in [0.05, 0.1) is 17.9 Å². The second-order valence-electron chi connectivity index (χ2n) is 7.09. The molecule has 1 rings (SSSR count). The van der Waals surface area contributed by atoms with E-state index in [1.165, 1.54) is 5.57 Å². The van der Waals surface area contributed by atoms with Crippen LogP contribution in [0.25, 0.3) is 0 Å². The van der Waals surface area contributed by atoms with Crippen molar-refractivity contribution in [3.63, 3.8) is 0 Å². The summed E-state index contributed by atoms with van der Waals surface area (Å²) in [7, 11) is 0. The molecule has 0 radical (unpaired) electrons. The number of hydrogen-bond donors (Lipinski definition) is 2. The summed E-state index contributed by atoms with van der Waals surface area (Å²) in [5.74, 6) is 0.878. The molecule has 0 aromatic carbocycles. The standard InChI is InChI=1S/C26H36N4/c1-10-13-14-27-23(8)26(30-21(6)17-29-24(30)9)16-20(5)22(7)28-18-25(12-3)15-19(4)11-2/h10-12,15-16,27-28H,1,3,5-8,13-14,17-18H2,2,4,9H3/b19-11-,25-15+,26-16-. The van der Waals surface area contributed by atoms with Crippen LogP contribution in [0.2, 0.25) is 0 Å². The molecule has 0 unspecified atom stereocenters. The van der Waals surface area contributed by atoms with E-state index in [0.717, 1.165) is 52.7 Å². The van der Waals surface area contributed by atoms with Gasteiger partial charge in [-0.3, -0.25) is 9.89 Å². The lowest BCUT2D eigenvalue weighted by atomic mass is 10.1. The zero-order chi connectivity index (χ0) is 22.7. The lowest BCUT2D eigenvalue weighted by Crippen LogP contribution is -2.29. The van der Waals surface area contributed by atoms with E-state index in [1.807, 2.05) is 37.0 Å². The number of hydrogen-bond acceptors (Lipinski definition) is 4. The van der Waals surface area contributed by atoms with Crippen LogP contribution in [0.4, 0.5) is 0 Å². The van der Waals surface area contributed by atoms with Gasteiger partial charge in [-0.15, -0.1) is 6.58 Å².